The molecule has 0 bridgehead atoms. The lowest BCUT2D eigenvalue weighted by atomic mass is 9.89. The number of rotatable bonds is 6. The van der Waals surface area contributed by atoms with Crippen LogP contribution >= 0.6 is 0 Å². The Labute approximate surface area is 154 Å². The van der Waals surface area contributed by atoms with E-state index in [4.69, 9.17) is 9.47 Å². The number of carbonyl (C=O) groups is 3. The van der Waals surface area contributed by atoms with E-state index >= 15 is 0 Å². The second-order valence-corrected chi connectivity index (χ2v) is 7.48. The minimum atomic E-state index is -0.874. The second-order valence-electron chi connectivity index (χ2n) is 7.48. The molecule has 0 saturated carbocycles. The minimum absolute atomic E-state index is 0.0527. The Hall–Kier alpha value is -2.09. The van der Waals surface area contributed by atoms with Crippen LogP contribution in [0.5, 0.6) is 0 Å². The lowest BCUT2D eigenvalue weighted by Gasteiger charge is -2.26. The number of hydrogen-bond acceptors (Lipinski definition) is 6. The van der Waals surface area contributed by atoms with E-state index in [9.17, 15) is 19.5 Å². The van der Waals surface area contributed by atoms with Crippen LogP contribution in [-0.2, 0) is 19.1 Å². The lowest BCUT2D eigenvalue weighted by molar-refractivity contribution is -0.145. The molecule has 1 aliphatic carbocycles. The molecule has 8 heteroatoms. The molecule has 26 heavy (non-hydrogen) atoms. The number of alkyl carbamates (subject to hydrolysis) is 1. The van der Waals surface area contributed by atoms with E-state index < -0.39 is 41.8 Å². The molecule has 0 aliphatic heterocycles. The molecule has 0 saturated heterocycles. The minimum Gasteiger partial charge on any atom is -0.467 e. The SMILES string of the molecule is COC(=O)[C@H](C[C@@H]1C=CC(O)CC1)NC(=O)[C@H](C)NC(=O)OC(C)(C)C. The summed E-state index contributed by atoms with van der Waals surface area (Å²) in [5, 5.41) is 14.5. The van der Waals surface area contributed by atoms with Crippen molar-refractivity contribution in [3.63, 3.8) is 0 Å². The summed E-state index contributed by atoms with van der Waals surface area (Å²) < 4.78 is 9.87. The number of aliphatic hydroxyl groups excluding tert-OH is 1. The van der Waals surface area contributed by atoms with E-state index in [0.29, 0.717) is 19.3 Å². The van der Waals surface area contributed by atoms with Crippen molar-refractivity contribution in [1.82, 2.24) is 10.6 Å². The monoisotopic (exact) mass is 370 g/mol. The smallest absolute Gasteiger partial charge is 0.408 e. The number of amides is 2. The molecule has 0 fully saturated rings. The van der Waals surface area contributed by atoms with Gasteiger partial charge < -0.3 is 25.2 Å². The molecule has 0 aromatic carbocycles. The zero-order valence-electron chi connectivity index (χ0n) is 16.1. The van der Waals surface area contributed by atoms with Gasteiger partial charge in [-0.3, -0.25) is 4.79 Å². The highest BCUT2D eigenvalue weighted by molar-refractivity contribution is 5.89. The van der Waals surface area contributed by atoms with Crippen molar-refractivity contribution in [2.45, 2.75) is 70.7 Å². The first-order chi connectivity index (χ1) is 12.0. The molecule has 1 unspecified atom stereocenters. The third kappa shape index (κ3) is 7.86. The van der Waals surface area contributed by atoms with Crippen molar-refractivity contribution in [3.8, 4) is 0 Å². The maximum atomic E-state index is 12.3. The summed E-state index contributed by atoms with van der Waals surface area (Å²) in [6.07, 6.45) is 4.05. The van der Waals surface area contributed by atoms with Gasteiger partial charge in [0.2, 0.25) is 5.91 Å². The van der Waals surface area contributed by atoms with Crippen LogP contribution in [0, 0.1) is 5.92 Å². The number of hydrogen-bond donors (Lipinski definition) is 3. The fourth-order valence-corrected chi connectivity index (χ4v) is 2.56. The summed E-state index contributed by atoms with van der Waals surface area (Å²) in [7, 11) is 1.25. The molecule has 1 rings (SSSR count). The van der Waals surface area contributed by atoms with E-state index in [1.807, 2.05) is 6.08 Å². The Morgan fingerprint density at radius 2 is 1.85 bits per heavy atom. The lowest BCUT2D eigenvalue weighted by Crippen LogP contribution is -2.51. The molecular formula is C18H30N2O6. The van der Waals surface area contributed by atoms with E-state index in [1.54, 1.807) is 26.8 Å². The number of nitrogens with one attached hydrogen (secondary N) is 2. The van der Waals surface area contributed by atoms with Gasteiger partial charge in [0.05, 0.1) is 13.2 Å². The van der Waals surface area contributed by atoms with Gasteiger partial charge in [0, 0.05) is 0 Å². The molecule has 0 radical (unpaired) electrons. The second kappa shape index (κ2) is 9.56. The molecule has 0 spiro atoms. The van der Waals surface area contributed by atoms with Crippen molar-refractivity contribution in [2.24, 2.45) is 5.92 Å². The van der Waals surface area contributed by atoms with Gasteiger partial charge in [-0.05, 0) is 52.9 Å². The molecule has 1 aliphatic rings. The number of methoxy groups -OCH3 is 1. The first-order valence-electron chi connectivity index (χ1n) is 8.76. The maximum Gasteiger partial charge on any atom is 0.408 e. The van der Waals surface area contributed by atoms with Gasteiger partial charge in [0.25, 0.3) is 0 Å². The quantitative estimate of drug-likeness (QED) is 0.479. The Morgan fingerprint density at radius 3 is 2.35 bits per heavy atom. The maximum absolute atomic E-state index is 12.3. The summed E-state index contributed by atoms with van der Waals surface area (Å²) >= 11 is 0. The average Bonchev–Trinajstić information content (AvgIpc) is 2.53. The van der Waals surface area contributed by atoms with Crippen LogP contribution in [0.25, 0.3) is 0 Å². The van der Waals surface area contributed by atoms with Gasteiger partial charge in [-0.1, -0.05) is 12.2 Å². The van der Waals surface area contributed by atoms with Gasteiger partial charge in [0.15, 0.2) is 0 Å². The fourth-order valence-electron chi connectivity index (χ4n) is 2.56. The van der Waals surface area contributed by atoms with E-state index in [2.05, 4.69) is 10.6 Å². The van der Waals surface area contributed by atoms with E-state index in [1.165, 1.54) is 14.0 Å². The van der Waals surface area contributed by atoms with Crippen LogP contribution in [0.4, 0.5) is 4.79 Å². The van der Waals surface area contributed by atoms with Crippen LogP contribution < -0.4 is 10.6 Å². The summed E-state index contributed by atoms with van der Waals surface area (Å²) in [6.45, 7) is 6.67. The fraction of sp³-hybridized carbons (Fsp3) is 0.722. The molecule has 0 aromatic rings. The number of ether oxygens (including phenoxy) is 2. The Bertz CT molecular complexity index is 540. The highest BCUT2D eigenvalue weighted by atomic mass is 16.6. The van der Waals surface area contributed by atoms with Crippen molar-refractivity contribution >= 4 is 18.0 Å². The largest absolute Gasteiger partial charge is 0.467 e. The molecule has 8 nitrogen and oxygen atoms in total. The summed E-state index contributed by atoms with van der Waals surface area (Å²) in [5.41, 5.74) is -0.674. The van der Waals surface area contributed by atoms with E-state index in [-0.39, 0.29) is 5.92 Å². The normalized spacial score (nSPS) is 22.1. The van der Waals surface area contributed by atoms with Gasteiger partial charge in [-0.25, -0.2) is 9.59 Å². The summed E-state index contributed by atoms with van der Waals surface area (Å²) in [5.74, 6) is -1.01. The molecule has 2 amide bonds. The molecule has 0 heterocycles. The van der Waals surface area contributed by atoms with Crippen LogP contribution in [0.15, 0.2) is 12.2 Å². The number of allylic oxidation sites excluding steroid dienone is 1. The van der Waals surface area contributed by atoms with Crippen molar-refractivity contribution in [3.05, 3.63) is 12.2 Å². The standard InChI is InChI=1S/C18H30N2O6/c1-11(19-17(24)26-18(2,3)4)15(22)20-14(16(23)25-5)10-12-6-8-13(21)9-7-12/h6,8,11-14,21H,7,9-10H2,1-5H3,(H,19,24)(H,20,22)/t11-,12+,13?,14-/m0/s1. The average molecular weight is 370 g/mol. The molecule has 4 atom stereocenters. The van der Waals surface area contributed by atoms with Crippen molar-refractivity contribution in [2.75, 3.05) is 7.11 Å². The number of esters is 1. The molecule has 0 aromatic heterocycles. The summed E-state index contributed by atoms with van der Waals surface area (Å²) in [4.78, 5) is 36.1. The first kappa shape index (κ1) is 22.0. The molecular weight excluding hydrogens is 340 g/mol. The Morgan fingerprint density at radius 1 is 1.19 bits per heavy atom. The highest BCUT2D eigenvalue weighted by Gasteiger charge is 2.29. The van der Waals surface area contributed by atoms with Crippen LogP contribution in [0.2, 0.25) is 0 Å². The predicted molar refractivity (Wildman–Crippen MR) is 95.3 cm³/mol. The Balaban J connectivity index is 2.63. The number of aliphatic hydroxyl groups is 1. The Kier molecular flexibility index (Phi) is 8.08. The zero-order chi connectivity index (χ0) is 19.9. The van der Waals surface area contributed by atoms with Crippen molar-refractivity contribution < 1.29 is 29.0 Å². The predicted octanol–water partition coefficient (Wildman–Crippen LogP) is 1.27. The third-order valence-electron chi connectivity index (χ3n) is 3.91. The van der Waals surface area contributed by atoms with Gasteiger partial charge >= 0.3 is 12.1 Å². The van der Waals surface area contributed by atoms with Gasteiger partial charge in [-0.2, -0.15) is 0 Å². The highest BCUT2D eigenvalue weighted by Crippen LogP contribution is 2.22. The van der Waals surface area contributed by atoms with Crippen LogP contribution in [0.1, 0.15) is 47.0 Å². The number of carbonyl (C=O) groups excluding carboxylic acids is 3. The van der Waals surface area contributed by atoms with Crippen LogP contribution in [0.3, 0.4) is 0 Å². The third-order valence-corrected chi connectivity index (χ3v) is 3.91. The zero-order valence-corrected chi connectivity index (χ0v) is 16.1. The van der Waals surface area contributed by atoms with Crippen molar-refractivity contribution in [1.29, 1.82) is 0 Å². The van der Waals surface area contributed by atoms with Gasteiger partial charge in [-0.15, -0.1) is 0 Å². The topological polar surface area (TPSA) is 114 Å². The van der Waals surface area contributed by atoms with Crippen LogP contribution in [-0.4, -0.2) is 54.0 Å². The molecule has 3 N–H and O–H groups in total. The molecule has 148 valence electrons. The summed E-state index contributed by atoms with van der Waals surface area (Å²) in [6, 6.07) is -1.71. The first-order valence-corrected chi connectivity index (χ1v) is 8.76. The van der Waals surface area contributed by atoms with Gasteiger partial charge in [0.1, 0.15) is 17.7 Å². The van der Waals surface area contributed by atoms with E-state index in [0.717, 1.165) is 0 Å².